The molecule has 0 unspecified atom stereocenters. The van der Waals surface area contributed by atoms with Crippen molar-refractivity contribution in [2.75, 3.05) is 12.0 Å². The number of amides is 4. The second-order valence-electron chi connectivity index (χ2n) is 11.2. The molecule has 8 nitrogen and oxygen atoms in total. The summed E-state index contributed by atoms with van der Waals surface area (Å²) in [7, 11) is 1.61. The molecule has 2 fully saturated rings. The number of urea groups is 1. The first-order chi connectivity index (χ1) is 20.0. The molecule has 2 aliphatic heterocycles. The molecule has 1 aromatic heterocycles. The third kappa shape index (κ3) is 4.17. The Bertz CT molecular complexity index is 1670. The number of benzene rings is 3. The number of methoxy groups -OCH3 is 1. The molecule has 1 aliphatic carbocycles. The molecule has 4 aromatic rings. The molecule has 0 spiro atoms. The zero-order chi connectivity index (χ0) is 28.1. The molecule has 8 heteroatoms. The predicted molar refractivity (Wildman–Crippen MR) is 156 cm³/mol. The van der Waals surface area contributed by atoms with Gasteiger partial charge in [0.1, 0.15) is 17.8 Å². The van der Waals surface area contributed by atoms with Crippen LogP contribution in [0.4, 0.5) is 10.5 Å². The first-order valence-corrected chi connectivity index (χ1v) is 14.3. The van der Waals surface area contributed by atoms with E-state index in [0.717, 1.165) is 53.4 Å². The predicted octanol–water partition coefficient (Wildman–Crippen LogP) is 5.72. The summed E-state index contributed by atoms with van der Waals surface area (Å²) in [5.41, 5.74) is 4.38. The molecule has 208 valence electrons. The van der Waals surface area contributed by atoms with Crippen LogP contribution in [0.5, 0.6) is 5.75 Å². The summed E-state index contributed by atoms with van der Waals surface area (Å²) >= 11 is 0. The van der Waals surface area contributed by atoms with E-state index in [1.54, 1.807) is 36.3 Å². The molecular formula is C33H32N4O4. The number of para-hydroxylation sites is 2. The lowest BCUT2D eigenvalue weighted by molar-refractivity contribution is -0.120. The molecule has 4 amide bonds. The van der Waals surface area contributed by atoms with Crippen molar-refractivity contribution in [3.05, 3.63) is 95.2 Å². The van der Waals surface area contributed by atoms with Gasteiger partial charge in [-0.2, -0.15) is 0 Å². The number of carbonyl (C=O) groups excluding carboxylic acids is 3. The first-order valence-electron chi connectivity index (χ1n) is 14.3. The molecule has 7 rings (SSSR count). The van der Waals surface area contributed by atoms with Gasteiger partial charge in [0.2, 0.25) is 0 Å². The number of nitrogens with zero attached hydrogens (tertiary/aromatic N) is 2. The molecule has 0 bridgehead atoms. The van der Waals surface area contributed by atoms with Crippen molar-refractivity contribution in [1.82, 2.24) is 15.2 Å². The van der Waals surface area contributed by atoms with Crippen LogP contribution in [0.3, 0.4) is 0 Å². The second kappa shape index (κ2) is 10.1. The molecule has 41 heavy (non-hydrogen) atoms. The maximum Gasteiger partial charge on any atom is 0.332 e. The fourth-order valence-electron chi connectivity index (χ4n) is 6.83. The van der Waals surface area contributed by atoms with Crippen LogP contribution >= 0.6 is 0 Å². The van der Waals surface area contributed by atoms with Crippen molar-refractivity contribution < 1.29 is 19.1 Å². The van der Waals surface area contributed by atoms with Crippen LogP contribution in [0.15, 0.2) is 72.8 Å². The lowest BCUT2D eigenvalue weighted by atomic mass is 9.89. The highest BCUT2D eigenvalue weighted by Gasteiger charge is 2.53. The molecule has 2 N–H and O–H groups in total. The van der Waals surface area contributed by atoms with Crippen LogP contribution < -0.4 is 15.0 Å². The summed E-state index contributed by atoms with van der Waals surface area (Å²) in [5.74, 6) is 0.0946. The number of hydrogen-bond acceptors (Lipinski definition) is 4. The molecule has 1 saturated carbocycles. The number of hydrogen-bond donors (Lipinski definition) is 2. The van der Waals surface area contributed by atoms with Gasteiger partial charge in [-0.3, -0.25) is 14.5 Å². The summed E-state index contributed by atoms with van der Waals surface area (Å²) in [6.45, 7) is 0. The monoisotopic (exact) mass is 548 g/mol. The zero-order valence-corrected chi connectivity index (χ0v) is 22.9. The first kappa shape index (κ1) is 25.4. The molecule has 1 saturated heterocycles. The Morgan fingerprint density at radius 1 is 0.951 bits per heavy atom. The van der Waals surface area contributed by atoms with Gasteiger partial charge in [-0.25, -0.2) is 9.69 Å². The smallest absolute Gasteiger partial charge is 0.332 e. The van der Waals surface area contributed by atoms with E-state index in [1.807, 2.05) is 48.5 Å². The average Bonchev–Trinajstić information content (AvgIpc) is 3.50. The van der Waals surface area contributed by atoms with Gasteiger partial charge in [0, 0.05) is 29.1 Å². The van der Waals surface area contributed by atoms with Gasteiger partial charge in [0.25, 0.3) is 11.8 Å². The topological polar surface area (TPSA) is 94.7 Å². The number of nitrogens with one attached hydrogen (secondary N) is 2. The summed E-state index contributed by atoms with van der Waals surface area (Å²) in [6.07, 6.45) is 5.64. The van der Waals surface area contributed by atoms with Gasteiger partial charge in [-0.15, -0.1) is 0 Å². The number of anilines is 1. The average molecular weight is 549 g/mol. The Hall–Kier alpha value is -4.59. The van der Waals surface area contributed by atoms with Crippen molar-refractivity contribution >= 4 is 34.4 Å². The van der Waals surface area contributed by atoms with Crippen LogP contribution in [0.2, 0.25) is 0 Å². The van der Waals surface area contributed by atoms with Crippen molar-refractivity contribution in [1.29, 1.82) is 0 Å². The van der Waals surface area contributed by atoms with Crippen LogP contribution in [0.25, 0.3) is 10.9 Å². The molecular weight excluding hydrogens is 516 g/mol. The Morgan fingerprint density at radius 2 is 1.73 bits per heavy atom. The number of rotatable bonds is 5. The molecule has 3 aromatic carbocycles. The van der Waals surface area contributed by atoms with Gasteiger partial charge in [0.15, 0.2) is 0 Å². The SMILES string of the molecule is COc1cccc([C@@H]2c3[nH]c4ccccc4c3C[C@H]3C(=O)N(c4ccccc4C(=O)NC4CCCCC4)C(=O)N23)c1. The minimum absolute atomic E-state index is 0.108. The summed E-state index contributed by atoms with van der Waals surface area (Å²) in [5, 5.41) is 4.19. The quantitative estimate of drug-likeness (QED) is 0.312. The normalized spacial score (nSPS) is 20.7. The Balaban J connectivity index is 1.31. The van der Waals surface area contributed by atoms with E-state index < -0.39 is 18.1 Å². The molecule has 3 heterocycles. The van der Waals surface area contributed by atoms with Gasteiger partial charge < -0.3 is 15.0 Å². The highest BCUT2D eigenvalue weighted by Crippen LogP contribution is 2.45. The van der Waals surface area contributed by atoms with Crippen LogP contribution in [-0.4, -0.2) is 46.9 Å². The fraction of sp³-hybridized carbons (Fsp3) is 0.303. The van der Waals surface area contributed by atoms with E-state index in [1.165, 1.54) is 11.3 Å². The summed E-state index contributed by atoms with van der Waals surface area (Å²) < 4.78 is 5.51. The van der Waals surface area contributed by atoms with E-state index in [-0.39, 0.29) is 17.9 Å². The minimum Gasteiger partial charge on any atom is -0.497 e. The lowest BCUT2D eigenvalue weighted by Crippen LogP contribution is -2.44. The molecule has 3 aliphatic rings. The van der Waals surface area contributed by atoms with Crippen molar-refractivity contribution in [2.45, 2.75) is 56.7 Å². The van der Waals surface area contributed by atoms with Crippen LogP contribution in [0.1, 0.15) is 65.3 Å². The Morgan fingerprint density at radius 3 is 2.56 bits per heavy atom. The summed E-state index contributed by atoms with van der Waals surface area (Å²) in [6, 6.07) is 21.0. The number of aromatic amines is 1. The standard InChI is InChI=1S/C33H32N4O4/c1-41-22-13-9-10-20(18-22)30-29-25(23-14-5-7-16-26(23)35-29)19-28-32(39)37(33(40)36(28)30)27-17-8-6-15-24(27)31(38)34-21-11-3-2-4-12-21/h5-10,13-18,21,28,30,35H,2-4,11-12,19H2,1H3,(H,34,38)/t28-,30+/m0/s1. The van der Waals surface area contributed by atoms with E-state index in [4.69, 9.17) is 4.74 Å². The van der Waals surface area contributed by atoms with E-state index in [2.05, 4.69) is 10.3 Å². The van der Waals surface area contributed by atoms with Gasteiger partial charge in [0.05, 0.1) is 18.4 Å². The van der Waals surface area contributed by atoms with E-state index in [0.29, 0.717) is 23.4 Å². The number of carbonyl (C=O) groups is 3. The number of aromatic nitrogens is 1. The fourth-order valence-corrected chi connectivity index (χ4v) is 6.83. The third-order valence-corrected chi connectivity index (χ3v) is 8.79. The maximum atomic E-state index is 14.3. The number of ether oxygens (including phenoxy) is 1. The van der Waals surface area contributed by atoms with Crippen molar-refractivity contribution in [3.8, 4) is 5.75 Å². The molecule has 2 atom stereocenters. The van der Waals surface area contributed by atoms with Gasteiger partial charge in [-0.1, -0.05) is 61.7 Å². The number of H-pyrrole nitrogens is 1. The van der Waals surface area contributed by atoms with Gasteiger partial charge in [-0.05, 0) is 54.3 Å². The highest BCUT2D eigenvalue weighted by molar-refractivity contribution is 6.24. The van der Waals surface area contributed by atoms with Crippen LogP contribution in [0, 0.1) is 0 Å². The second-order valence-corrected chi connectivity index (χ2v) is 11.2. The minimum atomic E-state index is -0.708. The number of fused-ring (bicyclic) bond motifs is 4. The Kier molecular flexibility index (Phi) is 6.26. The zero-order valence-electron chi connectivity index (χ0n) is 22.9. The Labute approximate surface area is 238 Å². The maximum absolute atomic E-state index is 14.3. The van der Waals surface area contributed by atoms with Gasteiger partial charge >= 0.3 is 6.03 Å². The summed E-state index contributed by atoms with van der Waals surface area (Å²) in [4.78, 5) is 48.4. The van der Waals surface area contributed by atoms with E-state index >= 15 is 0 Å². The van der Waals surface area contributed by atoms with E-state index in [9.17, 15) is 14.4 Å². The third-order valence-electron chi connectivity index (χ3n) is 8.79. The number of imide groups is 1. The highest BCUT2D eigenvalue weighted by atomic mass is 16.5. The van der Waals surface area contributed by atoms with Crippen LogP contribution in [-0.2, 0) is 11.2 Å². The largest absolute Gasteiger partial charge is 0.497 e. The van der Waals surface area contributed by atoms with Crippen molar-refractivity contribution in [3.63, 3.8) is 0 Å². The lowest BCUT2D eigenvalue weighted by Gasteiger charge is -2.36. The van der Waals surface area contributed by atoms with Crippen molar-refractivity contribution in [2.24, 2.45) is 0 Å². The molecule has 0 radical (unpaired) electrons.